The first-order chi connectivity index (χ1) is 8.15. The second-order valence-corrected chi connectivity index (χ2v) is 5.88. The van der Waals surface area contributed by atoms with E-state index in [1.165, 1.54) is 4.90 Å². The largest absolute Gasteiger partial charge is 0.480 e. The lowest BCUT2D eigenvalue weighted by molar-refractivity contribution is -0.137. The van der Waals surface area contributed by atoms with E-state index in [1.54, 1.807) is 0 Å². The highest BCUT2D eigenvalue weighted by Crippen LogP contribution is 2.29. The van der Waals surface area contributed by atoms with E-state index in [-0.39, 0.29) is 18.6 Å². The number of rotatable bonds is 5. The van der Waals surface area contributed by atoms with Crippen LogP contribution in [-0.4, -0.2) is 52.6 Å². The lowest BCUT2D eigenvalue weighted by atomic mass is 10.2. The first-order valence-electron chi connectivity index (χ1n) is 6.00. The fourth-order valence-electron chi connectivity index (χ4n) is 1.91. The van der Waals surface area contributed by atoms with Crippen LogP contribution in [0.4, 0.5) is 4.79 Å². The third-order valence-electron chi connectivity index (χ3n) is 3.05. The summed E-state index contributed by atoms with van der Waals surface area (Å²) in [4.78, 5) is 24.1. The Morgan fingerprint density at radius 2 is 2.12 bits per heavy atom. The van der Waals surface area contributed by atoms with E-state index in [0.29, 0.717) is 12.5 Å². The van der Waals surface area contributed by atoms with Gasteiger partial charge in [-0.05, 0) is 30.9 Å². The molecule has 0 bridgehead atoms. The third kappa shape index (κ3) is 4.11. The van der Waals surface area contributed by atoms with Gasteiger partial charge in [-0.25, -0.2) is 4.79 Å². The van der Waals surface area contributed by atoms with Gasteiger partial charge >= 0.3 is 12.0 Å². The van der Waals surface area contributed by atoms with E-state index < -0.39 is 5.97 Å². The molecule has 0 aromatic rings. The molecule has 2 rings (SSSR count). The lowest BCUT2D eigenvalue weighted by Gasteiger charge is -2.23. The number of thioether (sulfide) groups is 1. The number of carboxylic acid groups (broad SMARTS) is 1. The van der Waals surface area contributed by atoms with Crippen molar-refractivity contribution in [2.75, 3.05) is 24.6 Å². The van der Waals surface area contributed by atoms with E-state index in [4.69, 9.17) is 5.11 Å². The molecule has 1 aliphatic heterocycles. The topological polar surface area (TPSA) is 69.6 Å². The van der Waals surface area contributed by atoms with Gasteiger partial charge in [-0.1, -0.05) is 0 Å². The van der Waals surface area contributed by atoms with Crippen molar-refractivity contribution in [1.82, 2.24) is 10.2 Å². The number of hydrogen-bond donors (Lipinski definition) is 2. The van der Waals surface area contributed by atoms with E-state index >= 15 is 0 Å². The van der Waals surface area contributed by atoms with E-state index in [9.17, 15) is 9.59 Å². The fraction of sp³-hybridized carbons (Fsp3) is 0.818. The van der Waals surface area contributed by atoms with Crippen LogP contribution in [0.2, 0.25) is 0 Å². The molecule has 1 heterocycles. The molecule has 2 fully saturated rings. The van der Waals surface area contributed by atoms with Crippen LogP contribution in [0.1, 0.15) is 19.3 Å². The Morgan fingerprint density at radius 1 is 1.35 bits per heavy atom. The molecule has 6 heteroatoms. The van der Waals surface area contributed by atoms with E-state index in [1.807, 2.05) is 11.8 Å². The summed E-state index contributed by atoms with van der Waals surface area (Å²) in [5, 5.41) is 11.7. The van der Waals surface area contributed by atoms with Gasteiger partial charge in [-0.15, -0.1) is 0 Å². The summed E-state index contributed by atoms with van der Waals surface area (Å²) in [5.41, 5.74) is 0. The zero-order chi connectivity index (χ0) is 12.3. The molecule has 2 amide bonds. The minimum atomic E-state index is -0.943. The van der Waals surface area contributed by atoms with E-state index in [0.717, 1.165) is 30.8 Å². The standard InChI is InChI=1S/C11H18N2O3S/c14-10(15)6-13(5-8-1-2-8)11(16)12-9-3-4-17-7-9/h8-9H,1-7H2,(H,12,16)(H,14,15). The van der Waals surface area contributed by atoms with Crippen molar-refractivity contribution in [3.8, 4) is 0 Å². The number of urea groups is 1. The molecule has 1 saturated heterocycles. The van der Waals surface area contributed by atoms with Gasteiger partial charge < -0.3 is 15.3 Å². The van der Waals surface area contributed by atoms with Gasteiger partial charge in [0.25, 0.3) is 0 Å². The van der Waals surface area contributed by atoms with Crippen LogP contribution in [0.15, 0.2) is 0 Å². The molecule has 17 heavy (non-hydrogen) atoms. The summed E-state index contributed by atoms with van der Waals surface area (Å²) < 4.78 is 0. The van der Waals surface area contributed by atoms with Gasteiger partial charge in [0.2, 0.25) is 0 Å². The Balaban J connectivity index is 1.83. The Bertz CT molecular complexity index is 301. The quantitative estimate of drug-likeness (QED) is 0.772. The van der Waals surface area contributed by atoms with Crippen molar-refractivity contribution in [2.24, 2.45) is 5.92 Å². The predicted molar refractivity (Wildman–Crippen MR) is 66.2 cm³/mol. The van der Waals surface area contributed by atoms with Crippen molar-refractivity contribution in [1.29, 1.82) is 0 Å². The van der Waals surface area contributed by atoms with Crippen LogP contribution < -0.4 is 5.32 Å². The first-order valence-corrected chi connectivity index (χ1v) is 7.15. The summed E-state index contributed by atoms with van der Waals surface area (Å²) >= 11 is 1.83. The normalized spacial score (nSPS) is 23.4. The molecular weight excluding hydrogens is 240 g/mol. The van der Waals surface area contributed by atoms with Crippen LogP contribution >= 0.6 is 11.8 Å². The summed E-state index contributed by atoms with van der Waals surface area (Å²) in [7, 11) is 0. The number of carbonyl (C=O) groups is 2. The maximum atomic E-state index is 11.9. The van der Waals surface area contributed by atoms with Gasteiger partial charge in [0, 0.05) is 18.3 Å². The smallest absolute Gasteiger partial charge is 0.323 e. The minimum Gasteiger partial charge on any atom is -0.480 e. The molecule has 1 atom stereocenters. The number of carboxylic acids is 1. The molecule has 5 nitrogen and oxygen atoms in total. The van der Waals surface area contributed by atoms with Crippen LogP contribution in [-0.2, 0) is 4.79 Å². The van der Waals surface area contributed by atoms with Gasteiger partial charge in [0.05, 0.1) is 0 Å². The minimum absolute atomic E-state index is 0.192. The van der Waals surface area contributed by atoms with Gasteiger partial charge in [0.1, 0.15) is 6.54 Å². The molecule has 96 valence electrons. The molecule has 0 radical (unpaired) electrons. The molecular formula is C11H18N2O3S. The SMILES string of the molecule is O=C(O)CN(CC1CC1)C(=O)NC1CCSC1. The highest BCUT2D eigenvalue weighted by atomic mass is 32.2. The monoisotopic (exact) mass is 258 g/mol. The molecule has 1 saturated carbocycles. The molecule has 1 unspecified atom stereocenters. The third-order valence-corrected chi connectivity index (χ3v) is 4.21. The Hall–Kier alpha value is -0.910. The van der Waals surface area contributed by atoms with Crippen molar-refractivity contribution < 1.29 is 14.7 Å². The fourth-order valence-corrected chi connectivity index (χ4v) is 3.06. The Morgan fingerprint density at radius 3 is 2.65 bits per heavy atom. The molecule has 2 aliphatic rings. The zero-order valence-electron chi connectivity index (χ0n) is 9.72. The Labute approximate surface area is 105 Å². The van der Waals surface area contributed by atoms with Crippen LogP contribution in [0, 0.1) is 5.92 Å². The average molecular weight is 258 g/mol. The van der Waals surface area contributed by atoms with Crippen molar-refractivity contribution in [2.45, 2.75) is 25.3 Å². The molecule has 0 spiro atoms. The number of amides is 2. The maximum absolute atomic E-state index is 11.9. The number of hydrogen-bond acceptors (Lipinski definition) is 3. The summed E-state index contributed by atoms with van der Waals surface area (Å²) in [6, 6.07) is -0.00482. The lowest BCUT2D eigenvalue weighted by Crippen LogP contribution is -2.47. The molecule has 0 aromatic carbocycles. The van der Waals surface area contributed by atoms with Gasteiger partial charge in [-0.3, -0.25) is 4.79 Å². The van der Waals surface area contributed by atoms with Crippen molar-refractivity contribution in [3.63, 3.8) is 0 Å². The van der Waals surface area contributed by atoms with Crippen LogP contribution in [0.3, 0.4) is 0 Å². The number of nitrogens with one attached hydrogen (secondary N) is 1. The predicted octanol–water partition coefficient (Wildman–Crippen LogP) is 0.998. The molecule has 0 aromatic heterocycles. The second-order valence-electron chi connectivity index (χ2n) is 4.73. The van der Waals surface area contributed by atoms with Crippen molar-refractivity contribution in [3.05, 3.63) is 0 Å². The summed E-state index contributed by atoms with van der Waals surface area (Å²) in [5.74, 6) is 1.59. The highest BCUT2D eigenvalue weighted by molar-refractivity contribution is 7.99. The van der Waals surface area contributed by atoms with Gasteiger partial charge in [0.15, 0.2) is 0 Å². The maximum Gasteiger partial charge on any atom is 0.323 e. The van der Waals surface area contributed by atoms with Crippen LogP contribution in [0.25, 0.3) is 0 Å². The van der Waals surface area contributed by atoms with Crippen molar-refractivity contribution >= 4 is 23.8 Å². The average Bonchev–Trinajstić information content (AvgIpc) is 2.92. The summed E-state index contributed by atoms with van der Waals surface area (Å²) in [6.07, 6.45) is 3.21. The van der Waals surface area contributed by atoms with Crippen LogP contribution in [0.5, 0.6) is 0 Å². The summed E-state index contributed by atoms with van der Waals surface area (Å²) in [6.45, 7) is 0.389. The molecule has 1 aliphatic carbocycles. The molecule has 2 N–H and O–H groups in total. The number of carbonyl (C=O) groups excluding carboxylic acids is 1. The Kier molecular flexibility index (Phi) is 4.15. The number of aliphatic carboxylic acids is 1. The number of nitrogens with zero attached hydrogens (tertiary/aromatic N) is 1. The first kappa shape index (κ1) is 12.5. The van der Waals surface area contributed by atoms with Gasteiger partial charge in [-0.2, -0.15) is 11.8 Å². The highest BCUT2D eigenvalue weighted by Gasteiger charge is 2.29. The van der Waals surface area contributed by atoms with E-state index in [2.05, 4.69) is 5.32 Å². The zero-order valence-corrected chi connectivity index (χ0v) is 10.5. The second kappa shape index (κ2) is 5.62.